The first-order valence-corrected chi connectivity index (χ1v) is 14.2. The van der Waals surface area contributed by atoms with Gasteiger partial charge in [-0.25, -0.2) is 4.98 Å². The average Bonchev–Trinajstić information content (AvgIpc) is 3.49. The highest BCUT2D eigenvalue weighted by Gasteiger charge is 2.50. The zero-order chi connectivity index (χ0) is 26.5. The summed E-state index contributed by atoms with van der Waals surface area (Å²) in [6, 6.07) is 5.76. The van der Waals surface area contributed by atoms with Gasteiger partial charge in [-0.1, -0.05) is 40.9 Å². The van der Waals surface area contributed by atoms with E-state index in [1.807, 2.05) is 32.9 Å². The molecule has 2 aliphatic heterocycles. The van der Waals surface area contributed by atoms with Gasteiger partial charge in [0.05, 0.1) is 17.2 Å². The van der Waals surface area contributed by atoms with Crippen LogP contribution >= 0.6 is 34.8 Å². The summed E-state index contributed by atoms with van der Waals surface area (Å²) in [5, 5.41) is 14.6. The number of nitrogens with one attached hydrogen (secondary N) is 1. The lowest BCUT2D eigenvalue weighted by atomic mass is 9.66. The van der Waals surface area contributed by atoms with Crippen molar-refractivity contribution >= 4 is 52.5 Å². The minimum atomic E-state index is -0.663. The van der Waals surface area contributed by atoms with Gasteiger partial charge in [-0.15, -0.1) is 0 Å². The monoisotopic (exact) mass is 565 g/mol. The van der Waals surface area contributed by atoms with E-state index in [-0.39, 0.29) is 6.04 Å². The van der Waals surface area contributed by atoms with Gasteiger partial charge in [-0.3, -0.25) is 4.79 Å². The number of nitrogens with zero attached hydrogens (tertiary/aromatic N) is 4. The number of anilines is 2. The van der Waals surface area contributed by atoms with Crippen LogP contribution in [-0.2, 0) is 4.79 Å². The van der Waals surface area contributed by atoms with Crippen molar-refractivity contribution in [2.45, 2.75) is 58.5 Å². The Morgan fingerprint density at radius 1 is 1.14 bits per heavy atom. The second kappa shape index (κ2) is 10.4. The number of benzene rings is 1. The summed E-state index contributed by atoms with van der Waals surface area (Å²) in [7, 11) is 0. The van der Waals surface area contributed by atoms with Crippen LogP contribution in [-0.4, -0.2) is 58.2 Å². The Morgan fingerprint density at radius 2 is 1.84 bits per heavy atom. The van der Waals surface area contributed by atoms with Gasteiger partial charge < -0.3 is 20.2 Å². The number of carboxylic acid groups (broad SMARTS) is 1. The number of aryl methyl sites for hydroxylation is 1. The standard InChI is InChI=1S/C27H34Cl3N5O2/c1-15(21-5-4-19(28)10-22(21)29)31-24-23(30)16(2)32-26(33-24)35-9-7-18(14-35)17-6-8-34(13-17)20-11-27(3,12-20)25(36)37/h4-5,10,15,17-18,20H,6-9,11-14H2,1-3H3,(H,36,37)(H,31,32,33). The van der Waals surface area contributed by atoms with Crippen molar-refractivity contribution in [2.75, 3.05) is 36.4 Å². The Labute approximate surface area is 233 Å². The molecule has 2 aromatic rings. The molecular formula is C27H34Cl3N5O2. The summed E-state index contributed by atoms with van der Waals surface area (Å²) in [5.41, 5.74) is 1.12. The highest BCUT2D eigenvalue weighted by atomic mass is 35.5. The van der Waals surface area contributed by atoms with Crippen LogP contribution in [0.15, 0.2) is 18.2 Å². The number of likely N-dealkylation sites (tertiary alicyclic amines) is 1. The van der Waals surface area contributed by atoms with Gasteiger partial charge in [0.1, 0.15) is 5.02 Å². The van der Waals surface area contributed by atoms with E-state index in [4.69, 9.17) is 44.8 Å². The Kier molecular flexibility index (Phi) is 7.53. The van der Waals surface area contributed by atoms with Crippen LogP contribution in [0.2, 0.25) is 15.1 Å². The zero-order valence-corrected chi connectivity index (χ0v) is 23.7. The van der Waals surface area contributed by atoms with Crippen molar-refractivity contribution < 1.29 is 9.90 Å². The average molecular weight is 567 g/mol. The summed E-state index contributed by atoms with van der Waals surface area (Å²) in [5.74, 6) is 1.85. The topological polar surface area (TPSA) is 81.6 Å². The smallest absolute Gasteiger partial charge is 0.309 e. The number of rotatable bonds is 7. The van der Waals surface area contributed by atoms with E-state index in [1.165, 1.54) is 6.42 Å². The third kappa shape index (κ3) is 5.38. The van der Waals surface area contributed by atoms with Crippen molar-refractivity contribution in [2.24, 2.45) is 17.3 Å². The summed E-state index contributed by atoms with van der Waals surface area (Å²) in [6.07, 6.45) is 3.81. The van der Waals surface area contributed by atoms with Gasteiger partial charge in [-0.2, -0.15) is 4.98 Å². The number of carbonyl (C=O) groups is 1. The Balaban J connectivity index is 1.22. The minimum absolute atomic E-state index is 0.116. The Hall–Kier alpha value is -1.80. The van der Waals surface area contributed by atoms with Crippen LogP contribution in [0.5, 0.6) is 0 Å². The van der Waals surface area contributed by atoms with Crippen LogP contribution in [0.4, 0.5) is 11.8 Å². The zero-order valence-electron chi connectivity index (χ0n) is 21.5. The maximum absolute atomic E-state index is 11.5. The molecule has 2 saturated heterocycles. The molecule has 3 atom stereocenters. The molecule has 3 unspecified atom stereocenters. The number of aromatic nitrogens is 2. The lowest BCUT2D eigenvalue weighted by Crippen LogP contribution is -2.52. The van der Waals surface area contributed by atoms with Crippen LogP contribution in [0, 0.1) is 24.2 Å². The molecule has 0 bridgehead atoms. The molecule has 3 aliphatic rings. The lowest BCUT2D eigenvalue weighted by molar-refractivity contribution is -0.157. The van der Waals surface area contributed by atoms with Crippen LogP contribution in [0.25, 0.3) is 0 Å². The maximum atomic E-state index is 11.5. The molecule has 2 N–H and O–H groups in total. The van der Waals surface area contributed by atoms with Gasteiger partial charge in [0.2, 0.25) is 5.95 Å². The molecule has 0 spiro atoms. The first kappa shape index (κ1) is 26.8. The third-order valence-corrected chi connectivity index (χ3v) is 9.64. The van der Waals surface area contributed by atoms with E-state index in [2.05, 4.69) is 15.1 Å². The van der Waals surface area contributed by atoms with Gasteiger partial charge in [0.25, 0.3) is 0 Å². The molecule has 1 saturated carbocycles. The molecule has 200 valence electrons. The number of hydrogen-bond donors (Lipinski definition) is 2. The van der Waals surface area contributed by atoms with Gasteiger partial charge >= 0.3 is 5.97 Å². The first-order chi connectivity index (χ1) is 17.5. The fourth-order valence-electron chi connectivity index (χ4n) is 6.22. The second-order valence-corrected chi connectivity index (χ2v) is 12.5. The van der Waals surface area contributed by atoms with Crippen molar-refractivity contribution in [3.05, 3.63) is 44.5 Å². The Morgan fingerprint density at radius 3 is 2.54 bits per heavy atom. The SMILES string of the molecule is Cc1nc(N2CCC(C3CCN(C4CC(C)(C(=O)O)C4)C3)C2)nc(NC(C)c2ccc(Cl)cc2Cl)c1Cl. The van der Waals surface area contributed by atoms with Gasteiger partial charge in [-0.05, 0) is 82.5 Å². The fraction of sp³-hybridized carbons (Fsp3) is 0.593. The summed E-state index contributed by atoms with van der Waals surface area (Å²) in [6.45, 7) is 9.76. The summed E-state index contributed by atoms with van der Waals surface area (Å²) >= 11 is 19.1. The molecule has 1 aliphatic carbocycles. The van der Waals surface area contributed by atoms with Crippen LogP contribution in [0.1, 0.15) is 56.8 Å². The van der Waals surface area contributed by atoms with Gasteiger partial charge in [0, 0.05) is 35.7 Å². The molecule has 0 amide bonds. The highest BCUT2D eigenvalue weighted by molar-refractivity contribution is 6.35. The number of hydrogen-bond acceptors (Lipinski definition) is 6. The molecule has 1 aromatic carbocycles. The summed E-state index contributed by atoms with van der Waals surface area (Å²) in [4.78, 5) is 25.8. The van der Waals surface area contributed by atoms with Crippen molar-refractivity contribution in [1.82, 2.24) is 14.9 Å². The third-order valence-electron chi connectivity index (χ3n) is 8.62. The molecular weight excluding hydrogens is 533 g/mol. The summed E-state index contributed by atoms with van der Waals surface area (Å²) < 4.78 is 0. The largest absolute Gasteiger partial charge is 0.481 e. The normalized spacial score (nSPS) is 28.8. The van der Waals surface area contributed by atoms with Crippen molar-refractivity contribution in [3.63, 3.8) is 0 Å². The minimum Gasteiger partial charge on any atom is -0.481 e. The molecule has 1 aromatic heterocycles. The molecule has 3 fully saturated rings. The molecule has 0 radical (unpaired) electrons. The number of halogens is 3. The fourth-order valence-corrected chi connectivity index (χ4v) is 6.93. The van der Waals surface area contributed by atoms with Crippen LogP contribution in [0.3, 0.4) is 0 Å². The van der Waals surface area contributed by atoms with E-state index in [9.17, 15) is 9.90 Å². The predicted molar refractivity (Wildman–Crippen MR) is 149 cm³/mol. The molecule has 3 heterocycles. The van der Waals surface area contributed by atoms with E-state index in [0.29, 0.717) is 44.7 Å². The second-order valence-electron chi connectivity index (χ2n) is 11.3. The van der Waals surface area contributed by atoms with E-state index >= 15 is 0 Å². The van der Waals surface area contributed by atoms with Crippen molar-refractivity contribution in [1.29, 1.82) is 0 Å². The van der Waals surface area contributed by atoms with Crippen molar-refractivity contribution in [3.8, 4) is 0 Å². The number of carboxylic acids is 1. The Bertz CT molecular complexity index is 1190. The molecule has 37 heavy (non-hydrogen) atoms. The van der Waals surface area contributed by atoms with Crippen LogP contribution < -0.4 is 10.2 Å². The quantitative estimate of drug-likeness (QED) is 0.406. The first-order valence-electron chi connectivity index (χ1n) is 13.0. The highest BCUT2D eigenvalue weighted by Crippen LogP contribution is 2.46. The number of aliphatic carboxylic acids is 1. The maximum Gasteiger partial charge on any atom is 0.309 e. The lowest BCUT2D eigenvalue weighted by Gasteiger charge is -2.46. The van der Waals surface area contributed by atoms with E-state index < -0.39 is 11.4 Å². The predicted octanol–water partition coefficient (Wildman–Crippen LogP) is 6.32. The van der Waals surface area contributed by atoms with Gasteiger partial charge in [0.15, 0.2) is 5.82 Å². The molecule has 5 rings (SSSR count). The molecule has 10 heteroatoms. The van der Waals surface area contributed by atoms with E-state index in [1.54, 1.807) is 6.07 Å². The van der Waals surface area contributed by atoms with E-state index in [0.717, 1.165) is 56.7 Å². The molecule has 7 nitrogen and oxygen atoms in total.